The first kappa shape index (κ1) is 14.8. The van der Waals surface area contributed by atoms with E-state index in [9.17, 15) is 4.79 Å². The van der Waals surface area contributed by atoms with Crippen molar-refractivity contribution in [3.05, 3.63) is 64.0 Å². The Morgan fingerprint density at radius 3 is 2.82 bits per heavy atom. The molecule has 3 rings (SSSR count). The lowest BCUT2D eigenvalue weighted by Crippen LogP contribution is -2.10. The maximum absolute atomic E-state index is 12.0. The maximum atomic E-state index is 12.0. The summed E-state index contributed by atoms with van der Waals surface area (Å²) in [5, 5.41) is 4.98. The summed E-state index contributed by atoms with van der Waals surface area (Å²) in [6.45, 7) is 0.256. The third-order valence-corrected chi connectivity index (χ3v) is 3.95. The van der Waals surface area contributed by atoms with Gasteiger partial charge in [-0.15, -0.1) is 11.3 Å². The van der Waals surface area contributed by atoms with E-state index in [0.29, 0.717) is 10.9 Å². The summed E-state index contributed by atoms with van der Waals surface area (Å²) in [6.07, 6.45) is 1.62. The average molecular weight is 379 g/mol. The summed E-state index contributed by atoms with van der Waals surface area (Å²) in [5.74, 6) is 1.20. The summed E-state index contributed by atoms with van der Waals surface area (Å²) < 4.78 is 12.0. The van der Waals surface area contributed by atoms with Crippen LogP contribution >= 0.6 is 27.3 Å². The number of thiazole rings is 1. The van der Waals surface area contributed by atoms with Crippen molar-refractivity contribution < 1.29 is 13.9 Å². The zero-order chi connectivity index (χ0) is 15.4. The van der Waals surface area contributed by atoms with Crippen molar-refractivity contribution in [1.82, 2.24) is 4.98 Å². The van der Waals surface area contributed by atoms with Crippen LogP contribution in [-0.2, 0) is 6.61 Å². The van der Waals surface area contributed by atoms with Gasteiger partial charge in [0.15, 0.2) is 10.9 Å². The number of amides is 1. The number of aromatic nitrogens is 1. The van der Waals surface area contributed by atoms with Gasteiger partial charge in [0, 0.05) is 16.0 Å². The van der Waals surface area contributed by atoms with E-state index >= 15 is 0 Å². The third kappa shape index (κ3) is 3.75. The van der Waals surface area contributed by atoms with Crippen molar-refractivity contribution in [1.29, 1.82) is 0 Å². The molecule has 1 amide bonds. The van der Waals surface area contributed by atoms with E-state index in [2.05, 4.69) is 26.2 Å². The molecule has 0 fully saturated rings. The number of nitrogens with zero attached hydrogens (tertiary/aromatic N) is 1. The molecule has 0 aliphatic carbocycles. The highest BCUT2D eigenvalue weighted by Gasteiger charge is 2.12. The van der Waals surface area contributed by atoms with E-state index in [-0.39, 0.29) is 18.3 Å². The topological polar surface area (TPSA) is 64.4 Å². The quantitative estimate of drug-likeness (QED) is 0.717. The van der Waals surface area contributed by atoms with E-state index in [1.165, 1.54) is 11.3 Å². The van der Waals surface area contributed by atoms with E-state index in [0.717, 1.165) is 10.2 Å². The van der Waals surface area contributed by atoms with Crippen molar-refractivity contribution in [2.24, 2.45) is 0 Å². The first-order valence-electron chi connectivity index (χ1n) is 6.38. The van der Waals surface area contributed by atoms with Crippen LogP contribution in [0.2, 0.25) is 0 Å². The Morgan fingerprint density at radius 2 is 2.09 bits per heavy atom. The first-order valence-corrected chi connectivity index (χ1v) is 8.06. The van der Waals surface area contributed by atoms with E-state index < -0.39 is 0 Å². The molecule has 112 valence electrons. The van der Waals surface area contributed by atoms with Crippen molar-refractivity contribution in [2.45, 2.75) is 6.61 Å². The number of benzene rings is 1. The largest absolute Gasteiger partial charge is 0.486 e. The van der Waals surface area contributed by atoms with E-state index in [1.54, 1.807) is 23.7 Å². The second kappa shape index (κ2) is 6.76. The number of rotatable bonds is 5. The number of anilines is 1. The predicted molar refractivity (Wildman–Crippen MR) is 87.2 cm³/mol. The number of halogens is 1. The van der Waals surface area contributed by atoms with Gasteiger partial charge in [0.2, 0.25) is 0 Å². The lowest BCUT2D eigenvalue weighted by Gasteiger charge is -2.04. The second-order valence-electron chi connectivity index (χ2n) is 4.30. The van der Waals surface area contributed by atoms with Gasteiger partial charge in [-0.2, -0.15) is 0 Å². The van der Waals surface area contributed by atoms with Gasteiger partial charge in [-0.25, -0.2) is 4.98 Å². The number of carbonyl (C=O) groups excluding carboxylic acids is 1. The summed E-state index contributed by atoms with van der Waals surface area (Å²) in [4.78, 5) is 15.9. The van der Waals surface area contributed by atoms with E-state index in [1.807, 2.05) is 24.3 Å². The van der Waals surface area contributed by atoms with Crippen LogP contribution in [0.25, 0.3) is 0 Å². The molecule has 0 aliphatic heterocycles. The predicted octanol–water partition coefficient (Wildman–Crippen LogP) is 4.33. The lowest BCUT2D eigenvalue weighted by molar-refractivity contribution is 0.0992. The molecule has 3 aromatic rings. The van der Waals surface area contributed by atoms with Gasteiger partial charge in [-0.3, -0.25) is 10.1 Å². The molecule has 5 nitrogen and oxygen atoms in total. The fraction of sp³-hybridized carbons (Fsp3) is 0.0667. The molecule has 0 aliphatic rings. The standard InChI is InChI=1S/C15H11BrN2O3S/c16-10-1-3-11(4-2-10)20-9-12-5-6-13(21-12)14(19)18-15-17-7-8-22-15/h1-8H,9H2,(H,17,18,19). The molecule has 0 saturated heterocycles. The van der Waals surface area contributed by atoms with Crippen molar-refractivity contribution in [2.75, 3.05) is 5.32 Å². The Labute approximate surface area is 139 Å². The summed E-state index contributed by atoms with van der Waals surface area (Å²) in [5.41, 5.74) is 0. The van der Waals surface area contributed by atoms with Crippen LogP contribution in [0.4, 0.5) is 5.13 Å². The van der Waals surface area contributed by atoms with Crippen LogP contribution in [0.15, 0.2) is 56.9 Å². The van der Waals surface area contributed by atoms with Gasteiger partial charge in [-0.1, -0.05) is 15.9 Å². The number of furan rings is 1. The molecule has 0 radical (unpaired) electrons. The van der Waals surface area contributed by atoms with Crippen molar-refractivity contribution in [3.8, 4) is 5.75 Å². The van der Waals surface area contributed by atoms with Crippen molar-refractivity contribution >= 4 is 38.3 Å². The van der Waals surface area contributed by atoms with Gasteiger partial charge in [0.1, 0.15) is 18.1 Å². The number of hydrogen-bond donors (Lipinski definition) is 1. The molecule has 22 heavy (non-hydrogen) atoms. The maximum Gasteiger partial charge on any atom is 0.293 e. The van der Waals surface area contributed by atoms with Gasteiger partial charge < -0.3 is 9.15 Å². The number of hydrogen-bond acceptors (Lipinski definition) is 5. The van der Waals surface area contributed by atoms with Crippen LogP contribution in [-0.4, -0.2) is 10.9 Å². The molecule has 0 saturated carbocycles. The summed E-state index contributed by atoms with van der Waals surface area (Å²) in [7, 11) is 0. The molecule has 1 N–H and O–H groups in total. The highest BCUT2D eigenvalue weighted by molar-refractivity contribution is 9.10. The molecule has 7 heteroatoms. The molecule has 2 heterocycles. The van der Waals surface area contributed by atoms with Gasteiger partial charge in [0.25, 0.3) is 5.91 Å². The molecular weight excluding hydrogens is 368 g/mol. The van der Waals surface area contributed by atoms with Crippen molar-refractivity contribution in [3.63, 3.8) is 0 Å². The fourth-order valence-corrected chi connectivity index (χ4v) is 2.49. The molecule has 0 spiro atoms. The van der Waals surface area contributed by atoms with Gasteiger partial charge >= 0.3 is 0 Å². The zero-order valence-electron chi connectivity index (χ0n) is 11.3. The highest BCUT2D eigenvalue weighted by Crippen LogP contribution is 2.19. The minimum absolute atomic E-state index is 0.226. The average Bonchev–Trinajstić information content (AvgIpc) is 3.18. The van der Waals surface area contributed by atoms with Crippen LogP contribution in [0, 0.1) is 0 Å². The van der Waals surface area contributed by atoms with Crippen LogP contribution in [0.5, 0.6) is 5.75 Å². The Bertz CT molecular complexity index is 753. The van der Waals surface area contributed by atoms with E-state index in [4.69, 9.17) is 9.15 Å². The monoisotopic (exact) mass is 378 g/mol. The number of ether oxygens (including phenoxy) is 1. The lowest BCUT2D eigenvalue weighted by atomic mass is 10.3. The number of nitrogens with one attached hydrogen (secondary N) is 1. The van der Waals surface area contributed by atoms with Gasteiger partial charge in [-0.05, 0) is 36.4 Å². The molecule has 0 atom stereocenters. The minimum atomic E-state index is -0.329. The Balaban J connectivity index is 1.58. The first-order chi connectivity index (χ1) is 10.7. The molecule has 0 bridgehead atoms. The highest BCUT2D eigenvalue weighted by atomic mass is 79.9. The fourth-order valence-electron chi connectivity index (χ4n) is 1.71. The summed E-state index contributed by atoms with van der Waals surface area (Å²) >= 11 is 4.71. The normalized spacial score (nSPS) is 10.4. The Morgan fingerprint density at radius 1 is 1.27 bits per heavy atom. The number of carbonyl (C=O) groups is 1. The third-order valence-electron chi connectivity index (χ3n) is 2.73. The Kier molecular flexibility index (Phi) is 4.55. The Hall–Kier alpha value is -2.12. The second-order valence-corrected chi connectivity index (χ2v) is 6.11. The van der Waals surface area contributed by atoms with Crippen LogP contribution in [0.1, 0.15) is 16.3 Å². The molecule has 1 aromatic carbocycles. The molecule has 2 aromatic heterocycles. The van der Waals surface area contributed by atoms with Gasteiger partial charge in [0.05, 0.1) is 0 Å². The molecule has 0 unspecified atom stereocenters. The molecular formula is C15H11BrN2O3S. The smallest absolute Gasteiger partial charge is 0.293 e. The van der Waals surface area contributed by atoms with Crippen LogP contribution < -0.4 is 10.1 Å². The summed E-state index contributed by atoms with van der Waals surface area (Å²) in [6, 6.07) is 10.8. The zero-order valence-corrected chi connectivity index (χ0v) is 13.7. The van der Waals surface area contributed by atoms with Crippen LogP contribution in [0.3, 0.4) is 0 Å². The minimum Gasteiger partial charge on any atom is -0.486 e. The SMILES string of the molecule is O=C(Nc1nccs1)c1ccc(COc2ccc(Br)cc2)o1.